The van der Waals surface area contributed by atoms with Gasteiger partial charge in [-0.1, -0.05) is 12.1 Å². The minimum atomic E-state index is -0.396. The standard InChI is InChI=1S/C12H10ClFN2O/c1-8-6-12(17)10(7-13)15-16(8)11-5-3-2-4-9(11)14/h2-6H,7H2,1H3. The fourth-order valence-corrected chi connectivity index (χ4v) is 1.73. The van der Waals surface area contributed by atoms with E-state index in [4.69, 9.17) is 11.6 Å². The highest BCUT2D eigenvalue weighted by atomic mass is 35.5. The number of hydrogen-bond acceptors (Lipinski definition) is 2. The monoisotopic (exact) mass is 252 g/mol. The third-order valence-electron chi connectivity index (χ3n) is 2.39. The molecule has 2 rings (SSSR count). The number of aromatic nitrogens is 2. The van der Waals surface area contributed by atoms with Crippen LogP contribution in [0.2, 0.25) is 0 Å². The molecule has 1 aromatic carbocycles. The number of benzene rings is 1. The average molecular weight is 253 g/mol. The summed E-state index contributed by atoms with van der Waals surface area (Å²) in [5.41, 5.74) is 0.843. The number of halogens is 2. The molecule has 0 aliphatic carbocycles. The first-order valence-corrected chi connectivity index (χ1v) is 5.57. The second-order valence-electron chi connectivity index (χ2n) is 3.59. The summed E-state index contributed by atoms with van der Waals surface area (Å²) in [6.45, 7) is 1.69. The maximum Gasteiger partial charge on any atom is 0.204 e. The van der Waals surface area contributed by atoms with Crippen LogP contribution >= 0.6 is 11.6 Å². The minimum Gasteiger partial charge on any atom is -0.288 e. The van der Waals surface area contributed by atoms with Crippen molar-refractivity contribution in [1.82, 2.24) is 9.78 Å². The highest BCUT2D eigenvalue weighted by molar-refractivity contribution is 6.16. The molecule has 0 atom stereocenters. The first-order chi connectivity index (χ1) is 8.13. The molecule has 0 unspecified atom stereocenters. The van der Waals surface area contributed by atoms with Gasteiger partial charge in [0, 0.05) is 11.8 Å². The van der Waals surface area contributed by atoms with Gasteiger partial charge in [0.2, 0.25) is 5.43 Å². The van der Waals surface area contributed by atoms with Crippen LogP contribution in [0.15, 0.2) is 35.1 Å². The van der Waals surface area contributed by atoms with E-state index in [0.717, 1.165) is 0 Å². The molecule has 1 heterocycles. The average Bonchev–Trinajstić information content (AvgIpc) is 2.31. The first-order valence-electron chi connectivity index (χ1n) is 5.04. The van der Waals surface area contributed by atoms with Crippen molar-refractivity contribution in [2.24, 2.45) is 0 Å². The van der Waals surface area contributed by atoms with Gasteiger partial charge in [-0.25, -0.2) is 9.07 Å². The predicted molar refractivity (Wildman–Crippen MR) is 64.1 cm³/mol. The van der Waals surface area contributed by atoms with Crippen LogP contribution in [0.4, 0.5) is 4.39 Å². The summed E-state index contributed by atoms with van der Waals surface area (Å²) < 4.78 is 15.0. The van der Waals surface area contributed by atoms with Gasteiger partial charge in [0.15, 0.2) is 0 Å². The molecular weight excluding hydrogens is 243 g/mol. The largest absolute Gasteiger partial charge is 0.288 e. The first kappa shape index (κ1) is 11.8. The van der Waals surface area contributed by atoms with E-state index in [9.17, 15) is 9.18 Å². The molecule has 0 fully saturated rings. The van der Waals surface area contributed by atoms with E-state index in [1.54, 1.807) is 25.1 Å². The van der Waals surface area contributed by atoms with Crippen molar-refractivity contribution in [3.8, 4) is 5.69 Å². The van der Waals surface area contributed by atoms with Crippen LogP contribution in [-0.2, 0) is 5.88 Å². The van der Waals surface area contributed by atoms with Gasteiger partial charge in [0.1, 0.15) is 17.2 Å². The Bertz CT molecular complexity index is 610. The Labute approximate surface area is 102 Å². The molecule has 0 spiro atoms. The van der Waals surface area contributed by atoms with E-state index >= 15 is 0 Å². The van der Waals surface area contributed by atoms with Crippen LogP contribution < -0.4 is 5.43 Å². The highest BCUT2D eigenvalue weighted by Crippen LogP contribution is 2.13. The summed E-state index contributed by atoms with van der Waals surface area (Å²) in [4.78, 5) is 11.5. The third-order valence-corrected chi connectivity index (χ3v) is 2.64. The van der Waals surface area contributed by atoms with Crippen LogP contribution in [0.3, 0.4) is 0 Å². The van der Waals surface area contributed by atoms with Crippen molar-refractivity contribution in [3.05, 3.63) is 57.8 Å². The van der Waals surface area contributed by atoms with Crippen molar-refractivity contribution in [1.29, 1.82) is 0 Å². The van der Waals surface area contributed by atoms with Gasteiger partial charge in [0.05, 0.1) is 5.88 Å². The number of nitrogens with zero attached hydrogens (tertiary/aromatic N) is 2. The van der Waals surface area contributed by atoms with Crippen LogP contribution in [0.25, 0.3) is 5.69 Å². The lowest BCUT2D eigenvalue weighted by Crippen LogP contribution is -2.18. The van der Waals surface area contributed by atoms with Crippen LogP contribution in [0, 0.1) is 12.7 Å². The Balaban J connectivity index is 2.68. The summed E-state index contributed by atoms with van der Waals surface area (Å²) in [6, 6.07) is 7.64. The van der Waals surface area contributed by atoms with Crippen molar-refractivity contribution >= 4 is 11.6 Å². The zero-order chi connectivity index (χ0) is 12.4. The van der Waals surface area contributed by atoms with E-state index in [2.05, 4.69) is 5.10 Å². The van der Waals surface area contributed by atoms with E-state index in [1.807, 2.05) is 0 Å². The molecule has 0 N–H and O–H groups in total. The number of hydrogen-bond donors (Lipinski definition) is 0. The van der Waals surface area contributed by atoms with Crippen molar-refractivity contribution < 1.29 is 4.39 Å². The molecule has 88 valence electrons. The van der Waals surface area contributed by atoms with Crippen molar-refractivity contribution in [2.45, 2.75) is 12.8 Å². The smallest absolute Gasteiger partial charge is 0.204 e. The molecule has 0 bridgehead atoms. The zero-order valence-electron chi connectivity index (χ0n) is 9.15. The maximum absolute atomic E-state index is 13.6. The van der Waals surface area contributed by atoms with Gasteiger partial charge in [0.25, 0.3) is 0 Å². The Morgan fingerprint density at radius 2 is 2.12 bits per heavy atom. The normalized spacial score (nSPS) is 10.5. The Morgan fingerprint density at radius 3 is 2.76 bits per heavy atom. The molecule has 0 radical (unpaired) electrons. The molecule has 17 heavy (non-hydrogen) atoms. The van der Waals surface area contributed by atoms with Crippen LogP contribution in [0.1, 0.15) is 11.4 Å². The second-order valence-corrected chi connectivity index (χ2v) is 3.86. The van der Waals surface area contributed by atoms with Crippen LogP contribution in [-0.4, -0.2) is 9.78 Å². The molecule has 0 amide bonds. The van der Waals surface area contributed by atoms with Gasteiger partial charge < -0.3 is 0 Å². The summed E-state index contributed by atoms with van der Waals surface area (Å²) in [6.07, 6.45) is 0. The number of aryl methyl sites for hydroxylation is 1. The number of rotatable bonds is 2. The second kappa shape index (κ2) is 4.67. The van der Waals surface area contributed by atoms with Gasteiger partial charge in [-0.05, 0) is 19.1 Å². The zero-order valence-corrected chi connectivity index (χ0v) is 9.91. The molecule has 5 heteroatoms. The summed E-state index contributed by atoms with van der Waals surface area (Å²) >= 11 is 5.61. The molecule has 2 aromatic rings. The Hall–Kier alpha value is -1.68. The minimum absolute atomic E-state index is 0.00751. The van der Waals surface area contributed by atoms with Crippen molar-refractivity contribution in [3.63, 3.8) is 0 Å². The lowest BCUT2D eigenvalue weighted by atomic mass is 10.3. The summed E-state index contributed by atoms with van der Waals surface area (Å²) in [5.74, 6) is -0.389. The molecule has 0 saturated carbocycles. The fraction of sp³-hybridized carbons (Fsp3) is 0.167. The van der Waals surface area contributed by atoms with E-state index in [-0.39, 0.29) is 17.0 Å². The lowest BCUT2D eigenvalue weighted by Gasteiger charge is -2.10. The van der Waals surface area contributed by atoms with Crippen molar-refractivity contribution in [2.75, 3.05) is 0 Å². The molecule has 0 saturated heterocycles. The van der Waals surface area contributed by atoms with Gasteiger partial charge in [-0.3, -0.25) is 4.79 Å². The predicted octanol–water partition coefficient (Wildman–Crippen LogP) is 2.42. The summed E-state index contributed by atoms with van der Waals surface area (Å²) in [7, 11) is 0. The SMILES string of the molecule is Cc1cc(=O)c(CCl)nn1-c1ccccc1F. The van der Waals surface area contributed by atoms with Crippen LogP contribution in [0.5, 0.6) is 0 Å². The third kappa shape index (κ3) is 2.22. The van der Waals surface area contributed by atoms with E-state index in [0.29, 0.717) is 11.4 Å². The molecule has 0 aliphatic rings. The van der Waals surface area contributed by atoms with E-state index in [1.165, 1.54) is 16.8 Å². The molecule has 3 nitrogen and oxygen atoms in total. The lowest BCUT2D eigenvalue weighted by molar-refractivity contribution is 0.603. The van der Waals surface area contributed by atoms with Gasteiger partial charge in [-0.2, -0.15) is 5.10 Å². The van der Waals surface area contributed by atoms with Gasteiger partial charge >= 0.3 is 0 Å². The molecular formula is C12H10ClFN2O. The molecule has 0 aliphatic heterocycles. The summed E-state index contributed by atoms with van der Waals surface area (Å²) in [5, 5.41) is 4.05. The quantitative estimate of drug-likeness (QED) is 0.770. The number of para-hydroxylation sites is 1. The molecule has 1 aromatic heterocycles. The van der Waals surface area contributed by atoms with Gasteiger partial charge in [-0.15, -0.1) is 11.6 Å². The Morgan fingerprint density at radius 1 is 1.41 bits per heavy atom. The van der Waals surface area contributed by atoms with E-state index < -0.39 is 5.82 Å². The topological polar surface area (TPSA) is 34.9 Å². The Kier molecular flexibility index (Phi) is 3.24. The number of alkyl halides is 1. The fourth-order valence-electron chi connectivity index (χ4n) is 1.54. The highest BCUT2D eigenvalue weighted by Gasteiger charge is 2.09. The maximum atomic E-state index is 13.6.